The fraction of sp³-hybridized carbons (Fsp3) is 0.333. The molecule has 0 heteroatoms. The van der Waals surface area contributed by atoms with E-state index in [0.717, 1.165) is 6.42 Å². The highest BCUT2D eigenvalue weighted by Gasteiger charge is 1.98. The predicted octanol–water partition coefficient (Wildman–Crippen LogP) is 5.08. The Morgan fingerprint density at radius 2 is 1.47 bits per heavy atom. The van der Waals surface area contributed by atoms with Gasteiger partial charge in [-0.25, -0.2) is 0 Å². The van der Waals surface area contributed by atoms with Gasteiger partial charge in [0.1, 0.15) is 0 Å². The summed E-state index contributed by atoms with van der Waals surface area (Å²) in [5.74, 6) is 0. The Kier molecular flexibility index (Phi) is 8.46. The fourth-order valence-electron chi connectivity index (χ4n) is 1.30. The predicted molar refractivity (Wildman–Crippen MR) is 70.9 cm³/mol. The minimum absolute atomic E-state index is 1.09. The molecule has 2 rings (SSSR count). The molecule has 0 bridgehead atoms. The average molecular weight is 202 g/mol. The molecule has 0 unspecified atom stereocenters. The van der Waals surface area contributed by atoms with Crippen LogP contribution in [0.1, 0.15) is 39.7 Å². The highest BCUT2D eigenvalue weighted by atomic mass is 14.0. The van der Waals surface area contributed by atoms with Crippen molar-refractivity contribution in [1.29, 1.82) is 0 Å². The van der Waals surface area contributed by atoms with Crippen molar-refractivity contribution in [1.82, 2.24) is 0 Å². The van der Waals surface area contributed by atoms with Gasteiger partial charge < -0.3 is 0 Å². The van der Waals surface area contributed by atoms with E-state index in [1.54, 1.807) is 0 Å². The van der Waals surface area contributed by atoms with Crippen molar-refractivity contribution in [2.24, 2.45) is 0 Å². The molecule has 0 saturated heterocycles. The van der Waals surface area contributed by atoms with Crippen molar-refractivity contribution < 1.29 is 0 Å². The summed E-state index contributed by atoms with van der Waals surface area (Å²) in [5.41, 5.74) is 2.67. The van der Waals surface area contributed by atoms with Crippen LogP contribution in [-0.2, 0) is 0 Å². The van der Waals surface area contributed by atoms with Gasteiger partial charge in [-0.05, 0) is 17.6 Å². The molecule has 0 nitrogen and oxygen atoms in total. The molecule has 1 aromatic rings. The largest absolute Gasteiger partial charge is 0.0801 e. The molecule has 82 valence electrons. The first-order chi connectivity index (χ1) is 7.47. The quantitative estimate of drug-likeness (QED) is 0.595. The van der Waals surface area contributed by atoms with Crippen LogP contribution in [-0.4, -0.2) is 0 Å². The molecule has 0 spiro atoms. The molecule has 0 saturated carbocycles. The molecule has 0 N–H and O–H groups in total. The molecule has 1 aliphatic carbocycles. The van der Waals surface area contributed by atoms with Gasteiger partial charge in [0.2, 0.25) is 0 Å². The van der Waals surface area contributed by atoms with Gasteiger partial charge in [0.05, 0.1) is 0 Å². The minimum atomic E-state index is 1.09. The van der Waals surface area contributed by atoms with Crippen LogP contribution < -0.4 is 0 Å². The maximum Gasteiger partial charge on any atom is -0.0157 e. The van der Waals surface area contributed by atoms with Crippen LogP contribution in [0, 0.1) is 0 Å². The fourth-order valence-corrected chi connectivity index (χ4v) is 1.30. The standard InChI is InChI=1S/C11H10.2C2H6/c1-2-6-10(7-3-1)11-8-4-5-9-11;2*1-2/h1-4,6-9H,5H2;2*1-2H3. The number of hydrogen-bond donors (Lipinski definition) is 0. The maximum atomic E-state index is 2.25. The Balaban J connectivity index is 0.000000442. The normalized spacial score (nSPS) is 11.9. The molecule has 0 atom stereocenters. The second kappa shape index (κ2) is 9.26. The van der Waals surface area contributed by atoms with Crippen LogP contribution >= 0.6 is 0 Å². The Morgan fingerprint density at radius 1 is 0.867 bits per heavy atom. The molecule has 0 radical (unpaired) electrons. The third-order valence-electron chi connectivity index (χ3n) is 1.88. The lowest BCUT2D eigenvalue weighted by atomic mass is 10.1. The van der Waals surface area contributed by atoms with E-state index < -0.39 is 0 Å². The molecule has 0 fully saturated rings. The van der Waals surface area contributed by atoms with Crippen molar-refractivity contribution in [3.8, 4) is 0 Å². The van der Waals surface area contributed by atoms with Gasteiger partial charge in [0, 0.05) is 0 Å². The lowest BCUT2D eigenvalue weighted by Crippen LogP contribution is -1.75. The third kappa shape index (κ3) is 4.64. The van der Waals surface area contributed by atoms with E-state index in [0.29, 0.717) is 0 Å². The van der Waals surface area contributed by atoms with Crippen LogP contribution in [0.15, 0.2) is 48.6 Å². The summed E-state index contributed by atoms with van der Waals surface area (Å²) in [6.45, 7) is 8.00. The van der Waals surface area contributed by atoms with Gasteiger partial charge >= 0.3 is 0 Å². The van der Waals surface area contributed by atoms with Gasteiger partial charge in [-0.2, -0.15) is 0 Å². The zero-order chi connectivity index (χ0) is 11.5. The number of rotatable bonds is 1. The summed E-state index contributed by atoms with van der Waals surface area (Å²) in [6.07, 6.45) is 7.69. The SMILES string of the molecule is C1=CC(c2ccccc2)=CC1.CC.CC. The minimum Gasteiger partial charge on any atom is -0.0801 e. The Morgan fingerprint density at radius 3 is 1.93 bits per heavy atom. The lowest BCUT2D eigenvalue weighted by Gasteiger charge is -1.96. The van der Waals surface area contributed by atoms with E-state index in [4.69, 9.17) is 0 Å². The van der Waals surface area contributed by atoms with Crippen molar-refractivity contribution in [2.75, 3.05) is 0 Å². The number of benzene rings is 1. The van der Waals surface area contributed by atoms with Crippen LogP contribution in [0.25, 0.3) is 5.57 Å². The molecule has 15 heavy (non-hydrogen) atoms. The molecule has 0 aromatic heterocycles. The zero-order valence-electron chi connectivity index (χ0n) is 10.3. The second-order valence-electron chi connectivity index (χ2n) is 2.66. The summed E-state index contributed by atoms with van der Waals surface area (Å²) in [7, 11) is 0. The van der Waals surface area contributed by atoms with Gasteiger partial charge in [0.25, 0.3) is 0 Å². The van der Waals surface area contributed by atoms with Crippen LogP contribution in [0.4, 0.5) is 0 Å². The van der Waals surface area contributed by atoms with Crippen molar-refractivity contribution >= 4 is 5.57 Å². The van der Waals surface area contributed by atoms with E-state index >= 15 is 0 Å². The van der Waals surface area contributed by atoms with Crippen molar-refractivity contribution in [3.63, 3.8) is 0 Å². The molecular weight excluding hydrogens is 180 g/mol. The van der Waals surface area contributed by atoms with E-state index in [9.17, 15) is 0 Å². The number of hydrogen-bond acceptors (Lipinski definition) is 0. The maximum absolute atomic E-state index is 2.25. The monoisotopic (exact) mass is 202 g/mol. The number of allylic oxidation sites excluding steroid dienone is 4. The highest BCUT2D eigenvalue weighted by Crippen LogP contribution is 2.20. The van der Waals surface area contributed by atoms with Gasteiger partial charge in [-0.1, -0.05) is 76.3 Å². The summed E-state index contributed by atoms with van der Waals surface area (Å²) in [5, 5.41) is 0. The molecule has 0 amide bonds. The topological polar surface area (TPSA) is 0 Å². The van der Waals surface area contributed by atoms with Gasteiger partial charge in [-0.3, -0.25) is 0 Å². The summed E-state index contributed by atoms with van der Waals surface area (Å²) in [6, 6.07) is 10.5. The summed E-state index contributed by atoms with van der Waals surface area (Å²) < 4.78 is 0. The van der Waals surface area contributed by atoms with E-state index in [2.05, 4.69) is 42.5 Å². The van der Waals surface area contributed by atoms with Gasteiger partial charge in [0.15, 0.2) is 0 Å². The van der Waals surface area contributed by atoms with Crippen LogP contribution in [0.5, 0.6) is 0 Å². The van der Waals surface area contributed by atoms with Crippen molar-refractivity contribution in [3.05, 3.63) is 54.1 Å². The Bertz CT molecular complexity index is 291. The Hall–Kier alpha value is -1.30. The first kappa shape index (κ1) is 13.7. The lowest BCUT2D eigenvalue weighted by molar-refractivity contribution is 1.45. The molecule has 1 aliphatic rings. The van der Waals surface area contributed by atoms with Crippen LogP contribution in [0.2, 0.25) is 0 Å². The first-order valence-electron chi connectivity index (χ1n) is 5.89. The molecule has 1 aromatic carbocycles. The van der Waals surface area contributed by atoms with E-state index in [-0.39, 0.29) is 0 Å². The summed E-state index contributed by atoms with van der Waals surface area (Å²) >= 11 is 0. The average Bonchev–Trinajstić information content (AvgIpc) is 2.89. The molecule has 0 aliphatic heterocycles. The first-order valence-corrected chi connectivity index (χ1v) is 5.89. The smallest absolute Gasteiger partial charge is 0.0157 e. The van der Waals surface area contributed by atoms with Gasteiger partial charge in [-0.15, -0.1) is 0 Å². The molecular formula is C15H22. The third-order valence-corrected chi connectivity index (χ3v) is 1.88. The second-order valence-corrected chi connectivity index (χ2v) is 2.66. The molecule has 0 heterocycles. The highest BCUT2D eigenvalue weighted by molar-refractivity contribution is 5.76. The Labute approximate surface area is 94.3 Å². The van der Waals surface area contributed by atoms with Crippen LogP contribution in [0.3, 0.4) is 0 Å². The zero-order valence-corrected chi connectivity index (χ0v) is 10.3. The van der Waals surface area contributed by atoms with E-state index in [1.807, 2.05) is 33.8 Å². The van der Waals surface area contributed by atoms with E-state index in [1.165, 1.54) is 11.1 Å². The summed E-state index contributed by atoms with van der Waals surface area (Å²) in [4.78, 5) is 0. The van der Waals surface area contributed by atoms with Crippen molar-refractivity contribution in [2.45, 2.75) is 34.1 Å².